The summed E-state index contributed by atoms with van der Waals surface area (Å²) < 4.78 is 5.00. The lowest BCUT2D eigenvalue weighted by molar-refractivity contribution is -0.139. The molecule has 2 rings (SSSR count). The van der Waals surface area contributed by atoms with Crippen molar-refractivity contribution in [1.29, 1.82) is 0 Å². The summed E-state index contributed by atoms with van der Waals surface area (Å²) in [5.74, 6) is -1.16. The van der Waals surface area contributed by atoms with E-state index in [0.717, 1.165) is 5.56 Å². The van der Waals surface area contributed by atoms with Gasteiger partial charge in [-0.2, -0.15) is 0 Å². The number of amides is 1. The van der Waals surface area contributed by atoms with E-state index in [1.165, 1.54) is 18.6 Å². The number of carboxylic acids is 1. The Kier molecular flexibility index (Phi) is 5.42. The third-order valence-corrected chi connectivity index (χ3v) is 2.83. The van der Waals surface area contributed by atoms with E-state index < -0.39 is 18.1 Å². The summed E-state index contributed by atoms with van der Waals surface area (Å²) in [6.07, 6.45) is 3.64. The molecule has 0 bridgehead atoms. The second-order valence-corrected chi connectivity index (χ2v) is 4.50. The van der Waals surface area contributed by atoms with E-state index in [1.807, 2.05) is 30.3 Å². The molecule has 1 heterocycles. The van der Waals surface area contributed by atoms with Crippen LogP contribution in [0.3, 0.4) is 0 Å². The van der Waals surface area contributed by atoms with Gasteiger partial charge >= 0.3 is 12.1 Å². The molecule has 114 valence electrons. The fourth-order valence-electron chi connectivity index (χ4n) is 1.75. The van der Waals surface area contributed by atoms with Crippen LogP contribution < -0.4 is 5.32 Å². The first-order valence-electron chi connectivity index (χ1n) is 6.60. The van der Waals surface area contributed by atoms with Gasteiger partial charge in [-0.1, -0.05) is 30.3 Å². The number of benzene rings is 1. The molecule has 22 heavy (non-hydrogen) atoms. The summed E-state index contributed by atoms with van der Waals surface area (Å²) in [5, 5.41) is 11.5. The monoisotopic (exact) mass is 301 g/mol. The summed E-state index contributed by atoms with van der Waals surface area (Å²) in [5.41, 5.74) is 1.29. The van der Waals surface area contributed by atoms with Gasteiger partial charge in [-0.25, -0.2) is 9.59 Å². The zero-order valence-corrected chi connectivity index (χ0v) is 11.7. The molecule has 2 N–H and O–H groups in total. The molecule has 0 spiro atoms. The van der Waals surface area contributed by atoms with Crippen LogP contribution >= 0.6 is 0 Å². The van der Waals surface area contributed by atoms with Crippen molar-refractivity contribution in [3.8, 4) is 0 Å². The highest BCUT2D eigenvalue weighted by molar-refractivity contribution is 5.80. The number of carbonyl (C=O) groups is 2. The van der Waals surface area contributed by atoms with Crippen molar-refractivity contribution in [1.82, 2.24) is 15.3 Å². The maximum atomic E-state index is 11.7. The maximum absolute atomic E-state index is 11.7. The zero-order valence-electron chi connectivity index (χ0n) is 11.7. The van der Waals surface area contributed by atoms with E-state index in [9.17, 15) is 9.59 Å². The smallest absolute Gasteiger partial charge is 0.408 e. The molecule has 1 atom stereocenters. The molecule has 0 saturated carbocycles. The van der Waals surface area contributed by atoms with Crippen LogP contribution in [-0.2, 0) is 22.6 Å². The van der Waals surface area contributed by atoms with Crippen molar-refractivity contribution in [3.63, 3.8) is 0 Å². The van der Waals surface area contributed by atoms with Gasteiger partial charge in [0.25, 0.3) is 0 Å². The van der Waals surface area contributed by atoms with Crippen molar-refractivity contribution in [3.05, 3.63) is 60.2 Å². The molecular weight excluding hydrogens is 286 g/mol. The standard InChI is InChI=1S/C15H15N3O4/c19-14(20)13(8-12-9-16-6-7-17-12)18-15(21)22-10-11-4-2-1-3-5-11/h1-7,9,13H,8,10H2,(H,18,21)(H,19,20)/t13-/m1/s1. The molecular formula is C15H15N3O4. The molecule has 7 nitrogen and oxygen atoms in total. The van der Waals surface area contributed by atoms with Crippen molar-refractivity contribution >= 4 is 12.1 Å². The first-order chi connectivity index (χ1) is 10.6. The fourth-order valence-corrected chi connectivity index (χ4v) is 1.75. The fraction of sp³-hybridized carbons (Fsp3) is 0.200. The van der Waals surface area contributed by atoms with Crippen LogP contribution in [0.1, 0.15) is 11.3 Å². The summed E-state index contributed by atoms with van der Waals surface area (Å²) >= 11 is 0. The largest absolute Gasteiger partial charge is 0.480 e. The molecule has 0 fully saturated rings. The number of carboxylic acid groups (broad SMARTS) is 1. The maximum Gasteiger partial charge on any atom is 0.408 e. The van der Waals surface area contributed by atoms with E-state index in [-0.39, 0.29) is 13.0 Å². The highest BCUT2D eigenvalue weighted by Crippen LogP contribution is 2.02. The Morgan fingerprint density at radius 3 is 2.64 bits per heavy atom. The van der Waals surface area contributed by atoms with Crippen molar-refractivity contribution < 1.29 is 19.4 Å². The normalized spacial score (nSPS) is 11.5. The first kappa shape index (κ1) is 15.4. The number of nitrogens with one attached hydrogen (secondary N) is 1. The van der Waals surface area contributed by atoms with Gasteiger partial charge in [-0.05, 0) is 5.56 Å². The van der Waals surface area contributed by atoms with Crippen molar-refractivity contribution in [2.24, 2.45) is 0 Å². The van der Waals surface area contributed by atoms with Gasteiger partial charge < -0.3 is 15.2 Å². The molecule has 0 saturated heterocycles. The third-order valence-electron chi connectivity index (χ3n) is 2.83. The summed E-state index contributed by atoms with van der Waals surface area (Å²) in [7, 11) is 0. The molecule has 0 unspecified atom stereocenters. The van der Waals surface area contributed by atoms with Crippen LogP contribution in [-0.4, -0.2) is 33.2 Å². The predicted molar refractivity (Wildman–Crippen MR) is 76.9 cm³/mol. The molecule has 0 radical (unpaired) electrons. The molecule has 0 aliphatic carbocycles. The Hall–Kier alpha value is -2.96. The first-order valence-corrected chi connectivity index (χ1v) is 6.60. The van der Waals surface area contributed by atoms with Crippen molar-refractivity contribution in [2.75, 3.05) is 0 Å². The molecule has 2 aromatic rings. The number of hydrogen-bond donors (Lipinski definition) is 2. The van der Waals surface area contributed by atoms with E-state index in [2.05, 4.69) is 15.3 Å². The minimum Gasteiger partial charge on any atom is -0.480 e. The number of rotatable bonds is 6. The second kappa shape index (κ2) is 7.72. The quantitative estimate of drug-likeness (QED) is 0.836. The van der Waals surface area contributed by atoms with Crippen LogP contribution in [0.4, 0.5) is 4.79 Å². The number of carbonyl (C=O) groups excluding carboxylic acids is 1. The minimum absolute atomic E-state index is 0.0314. The van der Waals surface area contributed by atoms with Gasteiger partial charge in [-0.3, -0.25) is 9.97 Å². The number of alkyl carbamates (subject to hydrolysis) is 1. The number of aromatic nitrogens is 2. The summed E-state index contributed by atoms with van der Waals surface area (Å²) in [6.45, 7) is 0.0736. The van der Waals surface area contributed by atoms with Gasteiger partial charge in [0.1, 0.15) is 12.6 Å². The third kappa shape index (κ3) is 4.86. The molecule has 1 aromatic carbocycles. The van der Waals surface area contributed by atoms with Gasteiger partial charge in [-0.15, -0.1) is 0 Å². The second-order valence-electron chi connectivity index (χ2n) is 4.50. The molecule has 1 aromatic heterocycles. The Morgan fingerprint density at radius 2 is 2.00 bits per heavy atom. The van der Waals surface area contributed by atoms with Crippen LogP contribution in [0.25, 0.3) is 0 Å². The lowest BCUT2D eigenvalue weighted by Crippen LogP contribution is -2.42. The highest BCUT2D eigenvalue weighted by Gasteiger charge is 2.21. The van der Waals surface area contributed by atoms with Crippen LogP contribution in [0, 0.1) is 0 Å². The Morgan fingerprint density at radius 1 is 1.23 bits per heavy atom. The minimum atomic E-state index is -1.16. The molecule has 0 aliphatic rings. The molecule has 0 aliphatic heterocycles. The van der Waals surface area contributed by atoms with Gasteiger partial charge in [0, 0.05) is 25.0 Å². The summed E-state index contributed by atoms with van der Waals surface area (Å²) in [6, 6.07) is 7.99. The predicted octanol–water partition coefficient (Wildman–Crippen LogP) is 1.40. The highest BCUT2D eigenvalue weighted by atomic mass is 16.5. The lowest BCUT2D eigenvalue weighted by Gasteiger charge is -2.14. The Balaban J connectivity index is 1.88. The Bertz CT molecular complexity index is 619. The average molecular weight is 301 g/mol. The van der Waals surface area contributed by atoms with Gasteiger partial charge in [0.15, 0.2) is 0 Å². The SMILES string of the molecule is O=C(N[C@H](Cc1cnccn1)C(=O)O)OCc1ccccc1. The van der Waals surface area contributed by atoms with Gasteiger partial charge in [0.2, 0.25) is 0 Å². The molecule has 1 amide bonds. The van der Waals surface area contributed by atoms with Crippen molar-refractivity contribution in [2.45, 2.75) is 19.1 Å². The van der Waals surface area contributed by atoms with E-state index >= 15 is 0 Å². The lowest BCUT2D eigenvalue weighted by atomic mass is 10.1. The summed E-state index contributed by atoms with van der Waals surface area (Å²) in [4.78, 5) is 30.7. The van der Waals surface area contributed by atoms with E-state index in [0.29, 0.717) is 5.69 Å². The van der Waals surface area contributed by atoms with E-state index in [4.69, 9.17) is 9.84 Å². The van der Waals surface area contributed by atoms with Crippen LogP contribution in [0.2, 0.25) is 0 Å². The average Bonchev–Trinajstić information content (AvgIpc) is 2.54. The number of aliphatic carboxylic acids is 1. The van der Waals surface area contributed by atoms with Crippen LogP contribution in [0.5, 0.6) is 0 Å². The van der Waals surface area contributed by atoms with E-state index in [1.54, 1.807) is 0 Å². The number of ether oxygens (including phenoxy) is 1. The van der Waals surface area contributed by atoms with Gasteiger partial charge in [0.05, 0.1) is 5.69 Å². The number of nitrogens with zero attached hydrogens (tertiary/aromatic N) is 2. The van der Waals surface area contributed by atoms with Crippen LogP contribution in [0.15, 0.2) is 48.9 Å². The number of hydrogen-bond acceptors (Lipinski definition) is 5. The topological polar surface area (TPSA) is 101 Å². The molecule has 7 heteroatoms. The zero-order chi connectivity index (χ0) is 15.8. The Labute approximate surface area is 127 Å².